The van der Waals surface area contributed by atoms with Crippen LogP contribution in [0.3, 0.4) is 0 Å². The molecule has 2 aromatic rings. The summed E-state index contributed by atoms with van der Waals surface area (Å²) in [6.07, 6.45) is 4.85. The van der Waals surface area contributed by atoms with Gasteiger partial charge in [-0.2, -0.15) is 0 Å². The number of aliphatic imine (C=N–C) groups is 1. The third kappa shape index (κ3) is 3.83. The van der Waals surface area contributed by atoms with E-state index >= 15 is 0 Å². The van der Waals surface area contributed by atoms with Crippen LogP contribution in [0.5, 0.6) is 0 Å². The second-order valence-electron chi connectivity index (χ2n) is 3.43. The zero-order chi connectivity index (χ0) is 12.8. The third-order valence-electron chi connectivity index (χ3n) is 2.19. The number of hydrogen-bond acceptors (Lipinski definition) is 6. The topological polar surface area (TPSA) is 38.1 Å². The molecule has 0 atom stereocenters. The maximum absolute atomic E-state index is 4.45. The van der Waals surface area contributed by atoms with Crippen molar-refractivity contribution in [2.45, 2.75) is 6.42 Å². The molecule has 2 rings (SSSR count). The largest absolute Gasteiger partial charge is 0.233 e. The molecule has 3 nitrogen and oxygen atoms in total. The van der Waals surface area contributed by atoms with Gasteiger partial charge in [0.2, 0.25) is 5.13 Å². The molecule has 6 heteroatoms. The van der Waals surface area contributed by atoms with E-state index in [4.69, 9.17) is 0 Å². The molecule has 1 aromatic carbocycles. The van der Waals surface area contributed by atoms with Crippen LogP contribution in [0.1, 0.15) is 10.6 Å². The lowest BCUT2D eigenvalue weighted by molar-refractivity contribution is 1.00. The molecule has 1 aromatic heterocycles. The molecule has 0 radical (unpaired) electrons. The minimum atomic E-state index is 0.736. The van der Waals surface area contributed by atoms with E-state index < -0.39 is 0 Å². The number of benzene rings is 1. The molecule has 0 aliphatic rings. The van der Waals surface area contributed by atoms with E-state index in [1.807, 2.05) is 30.7 Å². The summed E-state index contributed by atoms with van der Waals surface area (Å²) in [6, 6.07) is 10.3. The summed E-state index contributed by atoms with van der Waals surface area (Å²) in [5.41, 5.74) is 1.25. The number of hydrogen-bond donors (Lipinski definition) is 0. The molecule has 0 unspecified atom stereocenters. The lowest BCUT2D eigenvalue weighted by Crippen LogP contribution is -1.85. The van der Waals surface area contributed by atoms with Crippen molar-refractivity contribution in [3.05, 3.63) is 40.9 Å². The Morgan fingerprint density at radius 1 is 1.17 bits per heavy atom. The van der Waals surface area contributed by atoms with Crippen molar-refractivity contribution in [2.75, 3.05) is 12.5 Å². The van der Waals surface area contributed by atoms with Gasteiger partial charge in [0.15, 0.2) is 0 Å². The van der Waals surface area contributed by atoms with Crippen LogP contribution in [0.15, 0.2) is 35.3 Å². The number of nitrogens with zero attached hydrogens (tertiary/aromatic N) is 3. The van der Waals surface area contributed by atoms with Gasteiger partial charge >= 0.3 is 0 Å². The van der Waals surface area contributed by atoms with Gasteiger partial charge in [0, 0.05) is 6.42 Å². The minimum absolute atomic E-state index is 0.736. The van der Waals surface area contributed by atoms with E-state index in [2.05, 4.69) is 27.3 Å². The van der Waals surface area contributed by atoms with Crippen LogP contribution in [-0.2, 0) is 6.42 Å². The summed E-state index contributed by atoms with van der Waals surface area (Å²) in [5.74, 6) is 0. The SMILES string of the molecule is CSC(=Nc1nnc(Cc2ccccc2)s1)SC. The smallest absolute Gasteiger partial charge is 0.204 e. The molecular weight excluding hydrogens is 282 g/mol. The normalized spacial score (nSPS) is 10.3. The highest BCUT2D eigenvalue weighted by molar-refractivity contribution is 8.38. The quantitative estimate of drug-likeness (QED) is 0.637. The highest BCUT2D eigenvalue weighted by atomic mass is 32.2. The van der Waals surface area contributed by atoms with Crippen LogP contribution in [0.2, 0.25) is 0 Å². The summed E-state index contributed by atoms with van der Waals surface area (Å²) in [4.78, 5) is 4.45. The first-order valence-electron chi connectivity index (χ1n) is 5.35. The number of aromatic nitrogens is 2. The van der Waals surface area contributed by atoms with Gasteiger partial charge < -0.3 is 0 Å². The molecule has 0 fully saturated rings. The fraction of sp³-hybridized carbons (Fsp3) is 0.250. The van der Waals surface area contributed by atoms with Crippen molar-refractivity contribution >= 4 is 44.4 Å². The molecule has 0 spiro atoms. The Morgan fingerprint density at radius 2 is 1.89 bits per heavy atom. The van der Waals surface area contributed by atoms with Crippen LogP contribution in [0, 0.1) is 0 Å². The van der Waals surface area contributed by atoms with E-state index in [-0.39, 0.29) is 0 Å². The van der Waals surface area contributed by atoms with Crippen molar-refractivity contribution in [2.24, 2.45) is 4.99 Å². The zero-order valence-electron chi connectivity index (χ0n) is 10.2. The van der Waals surface area contributed by atoms with Gasteiger partial charge in [-0.1, -0.05) is 41.7 Å². The highest BCUT2D eigenvalue weighted by Gasteiger charge is 2.05. The highest BCUT2D eigenvalue weighted by Crippen LogP contribution is 2.24. The Bertz CT molecular complexity index is 516. The zero-order valence-corrected chi connectivity index (χ0v) is 12.6. The van der Waals surface area contributed by atoms with Crippen molar-refractivity contribution in [1.29, 1.82) is 0 Å². The number of thioether (sulfide) groups is 2. The maximum atomic E-state index is 4.45. The first-order chi connectivity index (χ1) is 8.81. The van der Waals surface area contributed by atoms with Crippen molar-refractivity contribution in [1.82, 2.24) is 10.2 Å². The molecule has 0 aliphatic heterocycles. The van der Waals surface area contributed by atoms with Gasteiger partial charge in [-0.25, -0.2) is 4.99 Å². The first-order valence-corrected chi connectivity index (χ1v) is 8.61. The third-order valence-corrected chi connectivity index (χ3v) is 4.89. The summed E-state index contributed by atoms with van der Waals surface area (Å²) in [5, 5.41) is 10.0. The monoisotopic (exact) mass is 295 g/mol. The Balaban J connectivity index is 2.09. The van der Waals surface area contributed by atoms with Gasteiger partial charge in [-0.05, 0) is 18.1 Å². The van der Waals surface area contributed by atoms with Crippen molar-refractivity contribution in [3.63, 3.8) is 0 Å². The second kappa shape index (κ2) is 6.92. The van der Waals surface area contributed by atoms with E-state index in [9.17, 15) is 0 Å². The summed E-state index contributed by atoms with van der Waals surface area (Å²) in [7, 11) is 0. The Hall–Kier alpha value is -0.850. The molecule has 94 valence electrons. The predicted octanol–water partition coefficient (Wildman–Crippen LogP) is 3.84. The predicted molar refractivity (Wildman–Crippen MR) is 83.3 cm³/mol. The molecule has 0 N–H and O–H groups in total. The molecule has 18 heavy (non-hydrogen) atoms. The summed E-state index contributed by atoms with van der Waals surface area (Å²) < 4.78 is 1.01. The lowest BCUT2D eigenvalue weighted by atomic mass is 10.2. The molecule has 0 aliphatic carbocycles. The van der Waals surface area contributed by atoms with Gasteiger partial charge in [0.05, 0.1) is 0 Å². The molecule has 0 saturated heterocycles. The van der Waals surface area contributed by atoms with Crippen molar-refractivity contribution < 1.29 is 0 Å². The Labute approximate surface area is 119 Å². The molecule has 1 heterocycles. The van der Waals surface area contributed by atoms with Gasteiger partial charge in [-0.15, -0.1) is 33.7 Å². The van der Waals surface area contributed by atoms with Gasteiger partial charge in [0.1, 0.15) is 9.38 Å². The molecule has 0 bridgehead atoms. The molecule has 0 saturated carbocycles. The van der Waals surface area contributed by atoms with Gasteiger partial charge in [0.25, 0.3) is 0 Å². The molecule has 0 amide bonds. The van der Waals surface area contributed by atoms with Gasteiger partial charge in [-0.3, -0.25) is 0 Å². The van der Waals surface area contributed by atoms with E-state index in [0.29, 0.717) is 0 Å². The van der Waals surface area contributed by atoms with Crippen LogP contribution >= 0.6 is 34.9 Å². The van der Waals surface area contributed by atoms with Crippen molar-refractivity contribution in [3.8, 4) is 0 Å². The second-order valence-corrected chi connectivity index (χ2v) is 6.32. The van der Waals surface area contributed by atoms with E-state index in [1.54, 1.807) is 34.9 Å². The lowest BCUT2D eigenvalue weighted by Gasteiger charge is -1.95. The average Bonchev–Trinajstić information content (AvgIpc) is 2.84. The average molecular weight is 295 g/mol. The summed E-state index contributed by atoms with van der Waals surface area (Å²) in [6.45, 7) is 0. The van der Waals surface area contributed by atoms with E-state index in [0.717, 1.165) is 20.9 Å². The van der Waals surface area contributed by atoms with Crippen LogP contribution in [0.25, 0.3) is 0 Å². The van der Waals surface area contributed by atoms with Crippen LogP contribution in [0.4, 0.5) is 5.13 Å². The van der Waals surface area contributed by atoms with Crippen LogP contribution < -0.4 is 0 Å². The maximum Gasteiger partial charge on any atom is 0.233 e. The first kappa shape index (κ1) is 13.6. The number of rotatable bonds is 3. The molecular formula is C12H13N3S3. The summed E-state index contributed by atoms with van der Waals surface area (Å²) >= 11 is 4.81. The standard InChI is InChI=1S/C12H13N3S3/c1-16-12(17-2)13-11-15-14-10(18-11)8-9-6-4-3-5-7-9/h3-7H,8H2,1-2H3. The Morgan fingerprint density at radius 3 is 2.56 bits per heavy atom. The van der Waals surface area contributed by atoms with E-state index in [1.165, 1.54) is 5.56 Å². The van der Waals surface area contributed by atoms with Crippen LogP contribution in [-0.4, -0.2) is 27.1 Å². The fourth-order valence-corrected chi connectivity index (χ4v) is 3.27. The fourth-order valence-electron chi connectivity index (χ4n) is 1.38. The minimum Gasteiger partial charge on any atom is -0.204 e. The Kier molecular flexibility index (Phi) is 5.22.